The van der Waals surface area contributed by atoms with E-state index in [1.165, 1.54) is 20.3 Å². The lowest BCUT2D eigenvalue weighted by atomic mass is 9.72. The van der Waals surface area contributed by atoms with Gasteiger partial charge in [-0.05, 0) is 75.1 Å². The highest BCUT2D eigenvalue weighted by molar-refractivity contribution is 5.94. The van der Waals surface area contributed by atoms with Crippen LogP contribution in [0.25, 0.3) is 16.9 Å². The van der Waals surface area contributed by atoms with E-state index >= 15 is 0 Å². The van der Waals surface area contributed by atoms with Gasteiger partial charge in [0.2, 0.25) is 0 Å². The predicted molar refractivity (Wildman–Crippen MR) is 132 cm³/mol. The Morgan fingerprint density at radius 1 is 1.00 bits per heavy atom. The fourth-order valence-electron chi connectivity index (χ4n) is 5.99. The first-order valence-electron chi connectivity index (χ1n) is 12.6. The summed E-state index contributed by atoms with van der Waals surface area (Å²) in [5.74, 6) is 1.53. The molecule has 37 heavy (non-hydrogen) atoms. The van der Waals surface area contributed by atoms with E-state index in [-0.39, 0.29) is 35.0 Å². The van der Waals surface area contributed by atoms with Crippen molar-refractivity contribution < 1.29 is 27.4 Å². The summed E-state index contributed by atoms with van der Waals surface area (Å²) in [4.78, 5) is 20.0. The van der Waals surface area contributed by atoms with Crippen molar-refractivity contribution in [1.82, 2.24) is 19.5 Å². The van der Waals surface area contributed by atoms with Gasteiger partial charge in [-0.3, -0.25) is 4.79 Å². The molecule has 3 heterocycles. The smallest absolute Gasteiger partial charge is 0.433 e. The van der Waals surface area contributed by atoms with Gasteiger partial charge in [-0.1, -0.05) is 6.92 Å². The molecule has 5 rings (SSSR count). The van der Waals surface area contributed by atoms with Crippen LogP contribution in [0.15, 0.2) is 30.3 Å². The predicted octanol–water partition coefficient (Wildman–Crippen LogP) is 5.86. The fourth-order valence-corrected chi connectivity index (χ4v) is 5.99. The Balaban J connectivity index is 1.57. The van der Waals surface area contributed by atoms with Gasteiger partial charge < -0.3 is 14.4 Å². The number of likely N-dealkylation sites (tertiary alicyclic amines) is 1. The first kappa shape index (κ1) is 25.4. The molecule has 2 aliphatic rings. The molecule has 2 fully saturated rings. The topological polar surface area (TPSA) is 69.0 Å². The Kier molecular flexibility index (Phi) is 6.53. The molecule has 7 nitrogen and oxygen atoms in total. The van der Waals surface area contributed by atoms with E-state index < -0.39 is 11.9 Å². The second-order valence-corrected chi connectivity index (χ2v) is 10.3. The summed E-state index contributed by atoms with van der Waals surface area (Å²) in [5.41, 5.74) is -0.552. The molecular formula is C27H31F3N4O3. The number of nitrogens with zero attached hydrogens (tertiary/aromatic N) is 4. The minimum Gasteiger partial charge on any atom is -0.493 e. The second-order valence-electron chi connectivity index (χ2n) is 10.3. The number of amides is 1. The lowest BCUT2D eigenvalue weighted by molar-refractivity contribution is -0.142. The van der Waals surface area contributed by atoms with Crippen molar-refractivity contribution in [3.8, 4) is 22.8 Å². The van der Waals surface area contributed by atoms with E-state index in [2.05, 4.69) is 17.0 Å². The molecular weight excluding hydrogens is 485 g/mol. The molecule has 0 radical (unpaired) electrons. The van der Waals surface area contributed by atoms with Crippen LogP contribution in [0.3, 0.4) is 0 Å². The maximum atomic E-state index is 14.1. The van der Waals surface area contributed by atoms with Crippen LogP contribution in [0.1, 0.15) is 62.1 Å². The zero-order valence-electron chi connectivity index (χ0n) is 21.4. The highest BCUT2D eigenvalue weighted by atomic mass is 19.4. The molecule has 2 aromatic heterocycles. The Morgan fingerprint density at radius 2 is 1.76 bits per heavy atom. The highest BCUT2D eigenvalue weighted by Gasteiger charge is 2.42. The molecule has 3 aromatic rings. The first-order valence-corrected chi connectivity index (χ1v) is 12.6. The first-order chi connectivity index (χ1) is 17.6. The molecule has 0 bridgehead atoms. The number of fused-ring (bicyclic) bond motifs is 2. The number of aromatic nitrogens is 3. The van der Waals surface area contributed by atoms with Gasteiger partial charge in [-0.15, -0.1) is 0 Å². The monoisotopic (exact) mass is 516 g/mol. The number of benzene rings is 1. The SMILES string of the molecule is COc1ccc(-c2cc(C(F)(F)F)n3nc(C(=O)N4[C@H](C)CC[C@@H]5C[C@@H](C)CC[C@H]54)cc3n2)cc1OC. The Morgan fingerprint density at radius 3 is 2.46 bits per heavy atom. The number of methoxy groups -OCH3 is 2. The van der Waals surface area contributed by atoms with Gasteiger partial charge in [0, 0.05) is 23.7 Å². The van der Waals surface area contributed by atoms with Crippen molar-refractivity contribution in [1.29, 1.82) is 0 Å². The van der Waals surface area contributed by atoms with Crippen LogP contribution in [-0.4, -0.2) is 51.7 Å². The van der Waals surface area contributed by atoms with Gasteiger partial charge in [0.05, 0.1) is 19.9 Å². The van der Waals surface area contributed by atoms with E-state index in [1.54, 1.807) is 18.2 Å². The number of rotatable bonds is 4. The summed E-state index contributed by atoms with van der Waals surface area (Å²) >= 11 is 0. The molecule has 4 atom stereocenters. The van der Waals surface area contributed by atoms with E-state index in [4.69, 9.17) is 9.47 Å². The van der Waals surface area contributed by atoms with Gasteiger partial charge in [0.1, 0.15) is 0 Å². The normalized spacial score (nSPS) is 24.1. The van der Waals surface area contributed by atoms with Crippen molar-refractivity contribution in [3.05, 3.63) is 41.7 Å². The number of carbonyl (C=O) groups is 1. The third-order valence-corrected chi connectivity index (χ3v) is 7.84. The fraction of sp³-hybridized carbons (Fsp3) is 0.519. The summed E-state index contributed by atoms with van der Waals surface area (Å²) < 4.78 is 53.7. The lowest BCUT2D eigenvalue weighted by Crippen LogP contribution is -2.54. The number of piperidine rings is 1. The van der Waals surface area contributed by atoms with Crippen molar-refractivity contribution in [2.45, 2.75) is 64.2 Å². The zero-order chi connectivity index (χ0) is 26.5. The summed E-state index contributed by atoms with van der Waals surface area (Å²) in [7, 11) is 2.93. The average Bonchev–Trinajstić information content (AvgIpc) is 3.31. The molecule has 1 saturated heterocycles. The third kappa shape index (κ3) is 4.62. The van der Waals surface area contributed by atoms with Crippen molar-refractivity contribution in [3.63, 3.8) is 0 Å². The summed E-state index contributed by atoms with van der Waals surface area (Å²) in [6.45, 7) is 4.25. The minimum atomic E-state index is -4.71. The number of halogens is 3. The summed E-state index contributed by atoms with van der Waals surface area (Å²) in [5, 5.41) is 4.14. The van der Waals surface area contributed by atoms with Crippen LogP contribution in [0, 0.1) is 11.8 Å². The highest BCUT2D eigenvalue weighted by Crippen LogP contribution is 2.41. The summed E-state index contributed by atoms with van der Waals surface area (Å²) in [6, 6.07) is 7.19. The van der Waals surface area contributed by atoms with Gasteiger partial charge in [-0.25, -0.2) is 9.50 Å². The van der Waals surface area contributed by atoms with Crippen LogP contribution in [0.5, 0.6) is 11.5 Å². The van der Waals surface area contributed by atoms with E-state index in [0.29, 0.717) is 28.9 Å². The number of hydrogen-bond donors (Lipinski definition) is 0. The number of carbonyl (C=O) groups excluding carboxylic acids is 1. The van der Waals surface area contributed by atoms with E-state index in [9.17, 15) is 18.0 Å². The number of hydrogen-bond acceptors (Lipinski definition) is 5. The van der Waals surface area contributed by atoms with Gasteiger partial charge >= 0.3 is 6.18 Å². The molecule has 1 amide bonds. The Bertz CT molecular complexity index is 1320. The van der Waals surface area contributed by atoms with Crippen LogP contribution in [0.2, 0.25) is 0 Å². The molecule has 1 aromatic carbocycles. The van der Waals surface area contributed by atoms with Crippen molar-refractivity contribution >= 4 is 11.6 Å². The minimum absolute atomic E-state index is 0.00402. The van der Waals surface area contributed by atoms with Crippen LogP contribution in [0.4, 0.5) is 13.2 Å². The van der Waals surface area contributed by atoms with Gasteiger partial charge in [0.25, 0.3) is 5.91 Å². The molecule has 198 valence electrons. The quantitative estimate of drug-likeness (QED) is 0.434. The van der Waals surface area contributed by atoms with Crippen LogP contribution >= 0.6 is 0 Å². The van der Waals surface area contributed by atoms with Crippen molar-refractivity contribution in [2.75, 3.05) is 14.2 Å². The molecule has 1 saturated carbocycles. The molecule has 0 unspecified atom stereocenters. The van der Waals surface area contributed by atoms with Crippen LogP contribution < -0.4 is 9.47 Å². The van der Waals surface area contributed by atoms with Gasteiger partial charge in [-0.2, -0.15) is 18.3 Å². The Labute approximate surface area is 213 Å². The number of alkyl halides is 3. The largest absolute Gasteiger partial charge is 0.493 e. The van der Waals surface area contributed by atoms with Gasteiger partial charge in [0.15, 0.2) is 28.5 Å². The maximum absolute atomic E-state index is 14.1. The van der Waals surface area contributed by atoms with E-state index in [0.717, 1.165) is 42.7 Å². The maximum Gasteiger partial charge on any atom is 0.433 e. The van der Waals surface area contributed by atoms with Crippen LogP contribution in [-0.2, 0) is 6.18 Å². The summed E-state index contributed by atoms with van der Waals surface area (Å²) in [6.07, 6.45) is 0.257. The number of ether oxygens (including phenoxy) is 2. The second kappa shape index (κ2) is 9.54. The molecule has 0 N–H and O–H groups in total. The zero-order valence-corrected chi connectivity index (χ0v) is 21.4. The third-order valence-electron chi connectivity index (χ3n) is 7.84. The standard InChI is InChI=1S/C27H31F3N4O3/c1-15-5-9-21-18(11-15)7-6-16(2)33(21)26(35)20-14-25-31-19(13-24(27(28,29)30)34(25)32-20)17-8-10-22(36-3)23(12-17)37-4/h8,10,12-16,18,21H,5-7,9,11H2,1-4H3/t15-,16+,18+,21+/m0/s1. The van der Waals surface area contributed by atoms with Crippen molar-refractivity contribution in [2.24, 2.45) is 11.8 Å². The molecule has 1 aliphatic heterocycles. The lowest BCUT2D eigenvalue weighted by Gasteiger charge is -2.48. The van der Waals surface area contributed by atoms with E-state index in [1.807, 2.05) is 11.8 Å². The average molecular weight is 517 g/mol. The Hall–Kier alpha value is -3.30. The molecule has 10 heteroatoms. The molecule has 0 spiro atoms. The molecule has 1 aliphatic carbocycles.